The fraction of sp³-hybridized carbons (Fsp3) is 0.483. The van der Waals surface area contributed by atoms with E-state index in [9.17, 15) is 0 Å². The number of hydrogen-bond donors (Lipinski definition) is 0. The summed E-state index contributed by atoms with van der Waals surface area (Å²) < 4.78 is 0. The maximum atomic E-state index is 3.07. The Morgan fingerprint density at radius 1 is 0.746 bits per heavy atom. The number of hydrogen-bond acceptors (Lipinski definition) is 1. The van der Waals surface area contributed by atoms with Gasteiger partial charge in [-0.1, -0.05) is 146 Å². The molecule has 7 atom stereocenters. The minimum atomic E-state index is -0.0289. The molecule has 0 aromatic heterocycles. The monoisotopic (exact) mass is 778 g/mol. The lowest BCUT2D eigenvalue weighted by Crippen LogP contribution is -2.47. The normalized spacial score (nSPS) is 34.3. The molecule has 7 unspecified atom stereocenters. The molecule has 0 saturated heterocycles. The van der Waals surface area contributed by atoms with Crippen molar-refractivity contribution >= 4 is 5.57 Å². The zero-order valence-corrected chi connectivity index (χ0v) is 36.1. The molecule has 59 heavy (non-hydrogen) atoms. The highest BCUT2D eigenvalue weighted by Gasteiger charge is 2.56. The van der Waals surface area contributed by atoms with Gasteiger partial charge in [-0.2, -0.15) is 0 Å². The fourth-order valence-electron chi connectivity index (χ4n) is 14.4. The van der Waals surface area contributed by atoms with Gasteiger partial charge in [0, 0.05) is 34.4 Å². The highest BCUT2D eigenvalue weighted by atomic mass is 15.2. The minimum absolute atomic E-state index is 0.0289. The van der Waals surface area contributed by atoms with Gasteiger partial charge in [-0.15, -0.1) is 0 Å². The molecule has 1 fully saturated rings. The molecule has 1 aromatic rings. The van der Waals surface area contributed by atoms with E-state index in [0.717, 1.165) is 25.2 Å². The van der Waals surface area contributed by atoms with Gasteiger partial charge >= 0.3 is 0 Å². The highest BCUT2D eigenvalue weighted by molar-refractivity contribution is 5.83. The largest absolute Gasteiger partial charge is 0.365 e. The summed E-state index contributed by atoms with van der Waals surface area (Å²) in [5.74, 6) is 2.43. The van der Waals surface area contributed by atoms with E-state index in [1.54, 1.807) is 44.7 Å². The molecule has 1 aromatic carbocycles. The summed E-state index contributed by atoms with van der Waals surface area (Å²) in [5, 5.41) is 0. The summed E-state index contributed by atoms with van der Waals surface area (Å²) in [6.45, 7) is 4.98. The van der Waals surface area contributed by atoms with E-state index in [1.807, 2.05) is 0 Å². The van der Waals surface area contributed by atoms with Crippen LogP contribution in [0, 0.1) is 29.1 Å². The van der Waals surface area contributed by atoms with Gasteiger partial charge in [0.15, 0.2) is 0 Å². The van der Waals surface area contributed by atoms with Gasteiger partial charge in [0.05, 0.1) is 6.04 Å². The lowest BCUT2D eigenvalue weighted by atomic mass is 9.58. The maximum Gasteiger partial charge on any atom is 0.0513 e. The second kappa shape index (κ2) is 15.4. The molecule has 0 radical (unpaired) electrons. The van der Waals surface area contributed by atoms with Crippen molar-refractivity contribution in [3.05, 3.63) is 171 Å². The average molecular weight is 778 g/mol. The third-order valence-electron chi connectivity index (χ3n) is 17.1. The van der Waals surface area contributed by atoms with E-state index < -0.39 is 0 Å². The Balaban J connectivity index is 0.965. The zero-order valence-electron chi connectivity index (χ0n) is 36.1. The topological polar surface area (TPSA) is 3.24 Å². The predicted molar refractivity (Wildman–Crippen MR) is 248 cm³/mol. The van der Waals surface area contributed by atoms with Gasteiger partial charge < -0.3 is 4.90 Å². The molecule has 0 bridgehead atoms. The predicted octanol–water partition coefficient (Wildman–Crippen LogP) is 15.0. The first-order valence-electron chi connectivity index (χ1n) is 24.2. The fourth-order valence-corrected chi connectivity index (χ4v) is 14.4. The summed E-state index contributed by atoms with van der Waals surface area (Å²) in [7, 11) is 0. The summed E-state index contributed by atoms with van der Waals surface area (Å²) in [6, 6.07) is 10.2. The number of rotatable bonds is 7. The first kappa shape index (κ1) is 37.9. The number of allylic oxidation sites excluding steroid dienone is 22. The van der Waals surface area contributed by atoms with E-state index in [4.69, 9.17) is 0 Å². The first-order chi connectivity index (χ1) is 29.0. The van der Waals surface area contributed by atoms with Crippen LogP contribution in [0.15, 0.2) is 160 Å². The SMILES string of the molecule is CC1(C)C2=C(CCC(N(C3C=CC=C(C4(C5=CCCC=C5)C5=C(CCCC5)C5C=CC=CC54)C3)C3CCCC(C4C=CC(C5=CCCCC5)=CC4)C3)=C2)c2ccccc21. The third kappa shape index (κ3) is 6.29. The molecule has 0 aliphatic heterocycles. The van der Waals surface area contributed by atoms with E-state index in [1.165, 1.54) is 113 Å². The van der Waals surface area contributed by atoms with E-state index in [0.29, 0.717) is 29.8 Å². The van der Waals surface area contributed by atoms with Crippen molar-refractivity contribution < 1.29 is 0 Å². The Kier molecular flexibility index (Phi) is 9.90. The van der Waals surface area contributed by atoms with Crippen molar-refractivity contribution in [3.8, 4) is 0 Å². The van der Waals surface area contributed by atoms with Gasteiger partial charge in [-0.25, -0.2) is 0 Å². The Labute approximate surface area is 356 Å². The number of nitrogens with zero attached hydrogens (tertiary/aromatic N) is 1. The Morgan fingerprint density at radius 2 is 1.64 bits per heavy atom. The van der Waals surface area contributed by atoms with Crippen molar-refractivity contribution in [2.24, 2.45) is 29.1 Å². The van der Waals surface area contributed by atoms with E-state index in [2.05, 4.69) is 134 Å². The summed E-state index contributed by atoms with van der Waals surface area (Å²) in [5.41, 5.74) is 17.9. The van der Waals surface area contributed by atoms with Crippen LogP contribution >= 0.6 is 0 Å². The van der Waals surface area contributed by atoms with Crippen LogP contribution < -0.4 is 0 Å². The van der Waals surface area contributed by atoms with E-state index in [-0.39, 0.29) is 10.8 Å². The summed E-state index contributed by atoms with van der Waals surface area (Å²) >= 11 is 0. The minimum Gasteiger partial charge on any atom is -0.365 e. The van der Waals surface area contributed by atoms with Gasteiger partial charge in [-0.3, -0.25) is 0 Å². The molecule has 0 heterocycles. The smallest absolute Gasteiger partial charge is 0.0513 e. The number of fused-ring (bicyclic) bond motifs is 4. The quantitative estimate of drug-likeness (QED) is 0.249. The van der Waals surface area contributed by atoms with Crippen molar-refractivity contribution in [3.63, 3.8) is 0 Å². The molecule has 0 amide bonds. The Morgan fingerprint density at radius 3 is 2.51 bits per heavy atom. The van der Waals surface area contributed by atoms with Crippen LogP contribution in [0.5, 0.6) is 0 Å². The summed E-state index contributed by atoms with van der Waals surface area (Å²) in [4.78, 5) is 3.07. The van der Waals surface area contributed by atoms with Crippen molar-refractivity contribution in [2.45, 2.75) is 147 Å². The molecule has 1 saturated carbocycles. The van der Waals surface area contributed by atoms with Crippen LogP contribution in [-0.2, 0) is 5.41 Å². The summed E-state index contributed by atoms with van der Waals surface area (Å²) in [6.07, 6.45) is 61.2. The second-order valence-electron chi connectivity index (χ2n) is 20.4. The molecule has 0 N–H and O–H groups in total. The first-order valence-corrected chi connectivity index (χ1v) is 24.2. The Hall–Kier alpha value is -4.10. The van der Waals surface area contributed by atoms with Crippen LogP contribution in [0.1, 0.15) is 141 Å². The van der Waals surface area contributed by atoms with Crippen molar-refractivity contribution in [2.75, 3.05) is 0 Å². The van der Waals surface area contributed by atoms with Gasteiger partial charge in [-0.05, 0) is 166 Å². The van der Waals surface area contributed by atoms with Crippen LogP contribution in [-0.4, -0.2) is 17.0 Å². The zero-order chi connectivity index (χ0) is 39.6. The maximum absolute atomic E-state index is 3.07. The van der Waals surface area contributed by atoms with Crippen molar-refractivity contribution in [1.29, 1.82) is 0 Å². The standard InChI is InChI=1S/C58H67N/c1-57(2)53-28-12-9-25-49(53)52-36-35-48(39-56(52)57)59(46-23-15-19-43(37-46)42-33-31-41(32-34-42)40-17-5-3-6-18-40)47-24-16-22-45(38-47)58(44-20-7-4-8-21-44)54-29-13-10-26-50(54)51-27-11-14-30-55(51)58/h7,9-10,12-13,16-17,20-22,24-26,28-29,31-33,39,42-43,46-47,50,54H,3-6,8,11,14-15,18-19,23,27,30,34-38H2,1-2H3. The lowest BCUT2D eigenvalue weighted by molar-refractivity contribution is 0.117. The molecule has 11 rings (SSSR count). The number of benzene rings is 1. The van der Waals surface area contributed by atoms with Gasteiger partial charge in [0.25, 0.3) is 0 Å². The van der Waals surface area contributed by atoms with Crippen LogP contribution in [0.25, 0.3) is 5.57 Å². The molecular formula is C58H67N. The molecule has 1 nitrogen and oxygen atoms in total. The molecular weight excluding hydrogens is 711 g/mol. The molecule has 304 valence electrons. The second-order valence-corrected chi connectivity index (χ2v) is 20.4. The van der Waals surface area contributed by atoms with E-state index >= 15 is 0 Å². The van der Waals surface area contributed by atoms with Crippen LogP contribution in [0.2, 0.25) is 0 Å². The molecule has 10 aliphatic rings. The lowest BCUT2D eigenvalue weighted by Gasteiger charge is -2.49. The Bertz CT molecular complexity index is 2260. The highest BCUT2D eigenvalue weighted by Crippen LogP contribution is 2.65. The van der Waals surface area contributed by atoms with Crippen LogP contribution in [0.3, 0.4) is 0 Å². The van der Waals surface area contributed by atoms with Gasteiger partial charge in [0.1, 0.15) is 0 Å². The molecule has 10 aliphatic carbocycles. The van der Waals surface area contributed by atoms with Gasteiger partial charge in [0.2, 0.25) is 0 Å². The average Bonchev–Trinajstić information content (AvgIpc) is 3.73. The molecule has 1 heteroatoms. The van der Waals surface area contributed by atoms with Crippen molar-refractivity contribution in [1.82, 2.24) is 4.90 Å². The third-order valence-corrected chi connectivity index (χ3v) is 17.1. The van der Waals surface area contributed by atoms with Crippen LogP contribution in [0.4, 0.5) is 0 Å². The molecule has 0 spiro atoms.